The van der Waals surface area contributed by atoms with Crippen molar-refractivity contribution in [2.45, 2.75) is 13.8 Å². The zero-order valence-corrected chi connectivity index (χ0v) is 12.8. The largest absolute Gasteiger partial charge is 0.368 e. The molecule has 1 aliphatic rings. The maximum absolute atomic E-state index is 12.3. The SMILES string of the molecule is Cc1cccc(N2CCN(C(=O)c3cc(=O)[nH][nH]3)CC2)c1C. The van der Waals surface area contributed by atoms with Crippen LogP contribution >= 0.6 is 0 Å². The second-order valence-electron chi connectivity index (χ2n) is 5.67. The molecule has 0 aliphatic carbocycles. The number of anilines is 1. The van der Waals surface area contributed by atoms with Crippen LogP contribution in [0.1, 0.15) is 21.6 Å². The smallest absolute Gasteiger partial charge is 0.272 e. The Morgan fingerprint density at radius 2 is 1.82 bits per heavy atom. The number of aromatic amines is 2. The molecule has 1 fully saturated rings. The molecule has 6 nitrogen and oxygen atoms in total. The Balaban J connectivity index is 1.69. The molecule has 0 bridgehead atoms. The second-order valence-corrected chi connectivity index (χ2v) is 5.67. The van der Waals surface area contributed by atoms with E-state index in [9.17, 15) is 9.59 Å². The molecule has 1 aromatic carbocycles. The fourth-order valence-electron chi connectivity index (χ4n) is 2.85. The van der Waals surface area contributed by atoms with Gasteiger partial charge >= 0.3 is 0 Å². The lowest BCUT2D eigenvalue weighted by molar-refractivity contribution is 0.0741. The summed E-state index contributed by atoms with van der Waals surface area (Å²) in [5.41, 5.74) is 3.85. The number of H-pyrrole nitrogens is 2. The molecule has 22 heavy (non-hydrogen) atoms. The molecule has 6 heteroatoms. The molecule has 2 heterocycles. The Bertz CT molecular complexity index is 739. The summed E-state index contributed by atoms with van der Waals surface area (Å²) in [4.78, 5) is 27.5. The van der Waals surface area contributed by atoms with E-state index in [1.807, 2.05) is 0 Å². The van der Waals surface area contributed by atoms with Crippen LogP contribution in [0.3, 0.4) is 0 Å². The summed E-state index contributed by atoms with van der Waals surface area (Å²) < 4.78 is 0. The van der Waals surface area contributed by atoms with E-state index in [1.165, 1.54) is 22.9 Å². The fourth-order valence-corrected chi connectivity index (χ4v) is 2.85. The summed E-state index contributed by atoms with van der Waals surface area (Å²) in [6, 6.07) is 7.61. The number of aryl methyl sites for hydroxylation is 1. The summed E-state index contributed by atoms with van der Waals surface area (Å²) in [6.07, 6.45) is 0. The molecule has 1 aromatic heterocycles. The number of amides is 1. The van der Waals surface area contributed by atoms with Crippen LogP contribution in [0, 0.1) is 13.8 Å². The van der Waals surface area contributed by atoms with Gasteiger partial charge in [-0.3, -0.25) is 19.8 Å². The number of piperazine rings is 1. The molecular formula is C16H20N4O2. The first-order valence-electron chi connectivity index (χ1n) is 7.44. The molecule has 1 aliphatic heterocycles. The van der Waals surface area contributed by atoms with Gasteiger partial charge < -0.3 is 9.80 Å². The highest BCUT2D eigenvalue weighted by atomic mass is 16.2. The normalized spacial score (nSPS) is 15.2. The fraction of sp³-hybridized carbons (Fsp3) is 0.375. The summed E-state index contributed by atoms with van der Waals surface area (Å²) in [6.45, 7) is 7.14. The predicted octanol–water partition coefficient (Wildman–Crippen LogP) is 1.28. The summed E-state index contributed by atoms with van der Waals surface area (Å²) in [7, 11) is 0. The Morgan fingerprint density at radius 3 is 2.45 bits per heavy atom. The Labute approximate surface area is 128 Å². The number of rotatable bonds is 2. The van der Waals surface area contributed by atoms with Crippen molar-refractivity contribution in [3.8, 4) is 0 Å². The van der Waals surface area contributed by atoms with Gasteiger partial charge in [-0.25, -0.2) is 0 Å². The number of hydrogen-bond acceptors (Lipinski definition) is 3. The highest BCUT2D eigenvalue weighted by Gasteiger charge is 2.24. The van der Waals surface area contributed by atoms with Gasteiger partial charge in [0.2, 0.25) is 0 Å². The number of aromatic nitrogens is 2. The number of nitrogens with zero attached hydrogens (tertiary/aromatic N) is 2. The van der Waals surface area contributed by atoms with Gasteiger partial charge in [-0.15, -0.1) is 0 Å². The highest BCUT2D eigenvalue weighted by Crippen LogP contribution is 2.24. The van der Waals surface area contributed by atoms with Crippen molar-refractivity contribution < 1.29 is 4.79 Å². The van der Waals surface area contributed by atoms with E-state index in [0.717, 1.165) is 13.1 Å². The van der Waals surface area contributed by atoms with Crippen molar-refractivity contribution in [2.24, 2.45) is 0 Å². The van der Waals surface area contributed by atoms with Gasteiger partial charge in [0.15, 0.2) is 0 Å². The minimum absolute atomic E-state index is 0.126. The molecule has 0 atom stereocenters. The van der Waals surface area contributed by atoms with Gasteiger partial charge in [0.05, 0.1) is 0 Å². The van der Waals surface area contributed by atoms with Crippen molar-refractivity contribution in [1.29, 1.82) is 0 Å². The summed E-state index contributed by atoms with van der Waals surface area (Å²) in [5, 5.41) is 5.02. The van der Waals surface area contributed by atoms with E-state index in [2.05, 4.69) is 47.1 Å². The maximum atomic E-state index is 12.3. The van der Waals surface area contributed by atoms with Gasteiger partial charge in [0, 0.05) is 37.9 Å². The Kier molecular flexibility index (Phi) is 3.75. The third-order valence-corrected chi connectivity index (χ3v) is 4.31. The van der Waals surface area contributed by atoms with Crippen LogP contribution in [0.5, 0.6) is 0 Å². The number of carbonyl (C=O) groups is 1. The number of carbonyl (C=O) groups excluding carboxylic acids is 1. The Hall–Kier alpha value is -2.50. The molecule has 0 unspecified atom stereocenters. The topological polar surface area (TPSA) is 72.2 Å². The summed E-state index contributed by atoms with van der Waals surface area (Å²) >= 11 is 0. The number of nitrogens with one attached hydrogen (secondary N) is 2. The first kappa shape index (κ1) is 14.4. The van der Waals surface area contributed by atoms with Crippen molar-refractivity contribution >= 4 is 11.6 Å². The van der Waals surface area contributed by atoms with Crippen LogP contribution in [-0.2, 0) is 0 Å². The number of benzene rings is 1. The predicted molar refractivity (Wildman–Crippen MR) is 85.4 cm³/mol. The molecule has 0 radical (unpaired) electrons. The highest BCUT2D eigenvalue weighted by molar-refractivity contribution is 5.92. The van der Waals surface area contributed by atoms with Crippen molar-refractivity contribution in [1.82, 2.24) is 15.1 Å². The van der Waals surface area contributed by atoms with E-state index >= 15 is 0 Å². The van der Waals surface area contributed by atoms with Crippen molar-refractivity contribution in [3.63, 3.8) is 0 Å². The van der Waals surface area contributed by atoms with Crippen LogP contribution in [0.4, 0.5) is 5.69 Å². The van der Waals surface area contributed by atoms with E-state index in [4.69, 9.17) is 0 Å². The zero-order valence-electron chi connectivity index (χ0n) is 12.8. The maximum Gasteiger partial charge on any atom is 0.272 e. The lowest BCUT2D eigenvalue weighted by atomic mass is 10.1. The lowest BCUT2D eigenvalue weighted by Crippen LogP contribution is -2.49. The lowest BCUT2D eigenvalue weighted by Gasteiger charge is -2.36. The first-order chi connectivity index (χ1) is 10.6. The molecule has 2 aromatic rings. The van der Waals surface area contributed by atoms with E-state index in [0.29, 0.717) is 18.8 Å². The third kappa shape index (κ3) is 2.64. The standard InChI is InChI=1S/C16H20N4O2/c1-11-4-3-5-14(12(11)2)19-6-8-20(9-7-19)16(22)13-10-15(21)18-17-13/h3-5,10H,6-9H2,1-2H3,(H2,17,18,21). The van der Waals surface area contributed by atoms with Gasteiger partial charge in [-0.1, -0.05) is 12.1 Å². The van der Waals surface area contributed by atoms with Crippen LogP contribution < -0.4 is 10.5 Å². The molecule has 116 valence electrons. The molecule has 3 rings (SSSR count). The Morgan fingerprint density at radius 1 is 1.09 bits per heavy atom. The van der Waals surface area contributed by atoms with Crippen LogP contribution in [0.25, 0.3) is 0 Å². The molecule has 0 saturated carbocycles. The van der Waals surface area contributed by atoms with Gasteiger partial charge in [0.1, 0.15) is 5.69 Å². The van der Waals surface area contributed by atoms with Crippen LogP contribution in [-0.4, -0.2) is 47.2 Å². The van der Waals surface area contributed by atoms with Gasteiger partial charge in [0.25, 0.3) is 11.5 Å². The van der Waals surface area contributed by atoms with E-state index in [1.54, 1.807) is 4.90 Å². The zero-order chi connectivity index (χ0) is 15.7. The van der Waals surface area contributed by atoms with Crippen molar-refractivity contribution in [2.75, 3.05) is 31.1 Å². The minimum Gasteiger partial charge on any atom is -0.368 e. The second kappa shape index (κ2) is 5.71. The van der Waals surface area contributed by atoms with Crippen LogP contribution in [0.15, 0.2) is 29.1 Å². The van der Waals surface area contributed by atoms with Gasteiger partial charge in [-0.2, -0.15) is 0 Å². The molecule has 2 N–H and O–H groups in total. The molecule has 0 spiro atoms. The average Bonchev–Trinajstić information content (AvgIpc) is 2.96. The molecule has 1 amide bonds. The quantitative estimate of drug-likeness (QED) is 0.877. The number of hydrogen-bond donors (Lipinski definition) is 2. The third-order valence-electron chi connectivity index (χ3n) is 4.31. The minimum atomic E-state index is -0.280. The van der Waals surface area contributed by atoms with Crippen molar-refractivity contribution in [3.05, 3.63) is 51.4 Å². The summed E-state index contributed by atoms with van der Waals surface area (Å²) in [5.74, 6) is -0.126. The first-order valence-corrected chi connectivity index (χ1v) is 7.44. The monoisotopic (exact) mass is 300 g/mol. The molecule has 1 saturated heterocycles. The van der Waals surface area contributed by atoms with E-state index < -0.39 is 0 Å². The molecular weight excluding hydrogens is 280 g/mol. The average molecular weight is 300 g/mol. The van der Waals surface area contributed by atoms with Crippen LogP contribution in [0.2, 0.25) is 0 Å². The van der Waals surface area contributed by atoms with Gasteiger partial charge in [-0.05, 0) is 31.0 Å². The van der Waals surface area contributed by atoms with E-state index in [-0.39, 0.29) is 11.5 Å².